The van der Waals surface area contributed by atoms with Crippen LogP contribution >= 0.6 is 27.5 Å². The van der Waals surface area contributed by atoms with Crippen molar-refractivity contribution in [2.45, 2.75) is 6.04 Å². The summed E-state index contributed by atoms with van der Waals surface area (Å²) in [6.45, 7) is -0.221. The highest BCUT2D eigenvalue weighted by atomic mass is 79.9. The van der Waals surface area contributed by atoms with Crippen molar-refractivity contribution in [2.75, 3.05) is 6.61 Å². The molecule has 0 aliphatic heterocycles. The quantitative estimate of drug-likeness (QED) is 0.765. The fourth-order valence-electron chi connectivity index (χ4n) is 0.952. The van der Waals surface area contributed by atoms with E-state index in [9.17, 15) is 5.11 Å². The highest BCUT2D eigenvalue weighted by Gasteiger charge is 2.13. The first-order chi connectivity index (χ1) is 6.07. The zero-order valence-corrected chi connectivity index (χ0v) is 9.01. The molecule has 0 aromatic heterocycles. The van der Waals surface area contributed by atoms with Crippen LogP contribution in [0, 0.1) is 0 Å². The summed E-state index contributed by atoms with van der Waals surface area (Å²) in [4.78, 5) is 0. The maximum absolute atomic E-state index is 9.56. The summed E-state index contributed by atoms with van der Waals surface area (Å²) in [6, 6.07) is 2.60. The van der Waals surface area contributed by atoms with Gasteiger partial charge < -0.3 is 15.9 Å². The average molecular weight is 267 g/mol. The van der Waals surface area contributed by atoms with E-state index in [0.29, 0.717) is 15.1 Å². The van der Waals surface area contributed by atoms with E-state index in [1.54, 1.807) is 12.1 Å². The van der Waals surface area contributed by atoms with Gasteiger partial charge in [0.05, 0.1) is 22.1 Å². The second-order valence-electron chi connectivity index (χ2n) is 2.59. The molecule has 13 heavy (non-hydrogen) atoms. The molecule has 1 atom stereocenters. The largest absolute Gasteiger partial charge is 0.506 e. The maximum atomic E-state index is 9.56. The van der Waals surface area contributed by atoms with E-state index in [1.165, 1.54) is 0 Å². The Morgan fingerprint density at radius 3 is 2.69 bits per heavy atom. The number of rotatable bonds is 2. The van der Waals surface area contributed by atoms with E-state index >= 15 is 0 Å². The van der Waals surface area contributed by atoms with Crippen LogP contribution in [0.15, 0.2) is 16.6 Å². The summed E-state index contributed by atoms with van der Waals surface area (Å²) >= 11 is 8.83. The van der Waals surface area contributed by atoms with Gasteiger partial charge in [0.2, 0.25) is 0 Å². The number of hydrogen-bond donors (Lipinski definition) is 3. The number of halogens is 2. The van der Waals surface area contributed by atoms with Crippen molar-refractivity contribution in [3.05, 3.63) is 27.2 Å². The van der Waals surface area contributed by atoms with Crippen molar-refractivity contribution < 1.29 is 10.2 Å². The first-order valence-corrected chi connectivity index (χ1v) is 4.78. The number of phenols is 1. The van der Waals surface area contributed by atoms with Crippen molar-refractivity contribution in [2.24, 2.45) is 5.73 Å². The third kappa shape index (κ3) is 2.14. The summed E-state index contributed by atoms with van der Waals surface area (Å²) in [5.74, 6) is -0.0194. The lowest BCUT2D eigenvalue weighted by atomic mass is 10.1. The van der Waals surface area contributed by atoms with Crippen LogP contribution in [-0.2, 0) is 0 Å². The minimum Gasteiger partial charge on any atom is -0.506 e. The average Bonchev–Trinajstić information content (AvgIpc) is 2.13. The summed E-state index contributed by atoms with van der Waals surface area (Å²) in [7, 11) is 0. The molecular weight excluding hydrogens is 257 g/mol. The summed E-state index contributed by atoms with van der Waals surface area (Å²) < 4.78 is 0.399. The first-order valence-electron chi connectivity index (χ1n) is 3.61. The van der Waals surface area contributed by atoms with Gasteiger partial charge >= 0.3 is 0 Å². The van der Waals surface area contributed by atoms with Crippen molar-refractivity contribution in [1.29, 1.82) is 0 Å². The molecule has 1 aromatic rings. The Balaban J connectivity index is 3.18. The van der Waals surface area contributed by atoms with Gasteiger partial charge in [-0.05, 0) is 22.0 Å². The Hall–Kier alpha value is -0.290. The molecule has 0 bridgehead atoms. The van der Waals surface area contributed by atoms with Crippen molar-refractivity contribution >= 4 is 27.5 Å². The summed E-state index contributed by atoms with van der Waals surface area (Å²) in [6.07, 6.45) is 0. The topological polar surface area (TPSA) is 66.5 Å². The lowest BCUT2D eigenvalue weighted by Crippen LogP contribution is -2.14. The fourth-order valence-corrected chi connectivity index (χ4v) is 1.47. The molecule has 1 rings (SSSR count). The minimum absolute atomic E-state index is 0.0194. The van der Waals surface area contributed by atoms with Gasteiger partial charge in [-0.2, -0.15) is 0 Å². The molecule has 0 aliphatic rings. The Morgan fingerprint density at radius 1 is 1.54 bits per heavy atom. The Labute approximate surface area is 89.3 Å². The lowest BCUT2D eigenvalue weighted by molar-refractivity contribution is 0.265. The van der Waals surface area contributed by atoms with E-state index in [0.717, 1.165) is 0 Å². The molecule has 0 amide bonds. The molecule has 0 aliphatic carbocycles. The molecule has 0 spiro atoms. The highest BCUT2D eigenvalue weighted by molar-refractivity contribution is 9.10. The van der Waals surface area contributed by atoms with Crippen LogP contribution in [0.25, 0.3) is 0 Å². The molecule has 72 valence electrons. The van der Waals surface area contributed by atoms with Crippen LogP contribution in [0.5, 0.6) is 5.75 Å². The zero-order chi connectivity index (χ0) is 10.0. The van der Waals surface area contributed by atoms with Crippen LogP contribution in [0.2, 0.25) is 5.02 Å². The van der Waals surface area contributed by atoms with Crippen molar-refractivity contribution in [3.8, 4) is 5.75 Å². The van der Waals surface area contributed by atoms with Crippen LogP contribution in [0.4, 0.5) is 0 Å². The molecule has 0 heterocycles. The maximum Gasteiger partial charge on any atom is 0.136 e. The van der Waals surface area contributed by atoms with E-state index in [-0.39, 0.29) is 12.4 Å². The molecule has 4 N–H and O–H groups in total. The van der Waals surface area contributed by atoms with Gasteiger partial charge in [0, 0.05) is 5.56 Å². The zero-order valence-electron chi connectivity index (χ0n) is 6.67. The fraction of sp³-hybridized carbons (Fsp3) is 0.250. The number of nitrogens with two attached hydrogens (primary N) is 1. The Kier molecular flexibility index (Phi) is 3.55. The van der Waals surface area contributed by atoms with E-state index in [4.69, 9.17) is 22.4 Å². The number of hydrogen-bond acceptors (Lipinski definition) is 3. The second kappa shape index (κ2) is 4.28. The summed E-state index contributed by atoms with van der Waals surface area (Å²) in [5, 5.41) is 18.8. The number of aliphatic hydroxyl groups is 1. The van der Waals surface area contributed by atoms with Crippen molar-refractivity contribution in [1.82, 2.24) is 0 Å². The molecule has 0 saturated heterocycles. The Morgan fingerprint density at radius 2 is 2.15 bits per heavy atom. The van der Waals surface area contributed by atoms with Crippen LogP contribution in [-0.4, -0.2) is 16.8 Å². The molecule has 0 radical (unpaired) electrons. The number of aromatic hydroxyl groups is 1. The monoisotopic (exact) mass is 265 g/mol. The highest BCUT2D eigenvalue weighted by Crippen LogP contribution is 2.36. The number of aliphatic hydroxyl groups excluding tert-OH is 1. The molecule has 5 heteroatoms. The normalized spacial score (nSPS) is 12.9. The molecule has 3 nitrogen and oxygen atoms in total. The first kappa shape index (κ1) is 10.8. The molecule has 0 fully saturated rings. The van der Waals surface area contributed by atoms with Crippen LogP contribution in [0.3, 0.4) is 0 Å². The second-order valence-corrected chi connectivity index (χ2v) is 3.79. The summed E-state index contributed by atoms with van der Waals surface area (Å²) in [5.41, 5.74) is 6.01. The Bertz CT molecular complexity index is 319. The van der Waals surface area contributed by atoms with Crippen molar-refractivity contribution in [3.63, 3.8) is 0 Å². The van der Waals surface area contributed by atoms with E-state index < -0.39 is 6.04 Å². The van der Waals surface area contributed by atoms with Gasteiger partial charge in [-0.25, -0.2) is 0 Å². The standard InChI is InChI=1S/C8H9BrClNO2/c9-7-5(10)2-1-4(8(7)13)6(11)3-12/h1-2,6,12-13H,3,11H2/t6-/m0/s1. The number of phenolic OH excluding ortho intramolecular Hbond substituents is 1. The number of benzene rings is 1. The van der Waals surface area contributed by atoms with Crippen LogP contribution < -0.4 is 5.73 Å². The smallest absolute Gasteiger partial charge is 0.136 e. The van der Waals surface area contributed by atoms with Gasteiger partial charge in [-0.15, -0.1) is 0 Å². The van der Waals surface area contributed by atoms with Gasteiger partial charge in [-0.1, -0.05) is 17.7 Å². The van der Waals surface area contributed by atoms with Gasteiger partial charge in [0.25, 0.3) is 0 Å². The third-order valence-electron chi connectivity index (χ3n) is 1.70. The van der Waals surface area contributed by atoms with E-state index in [1.807, 2.05) is 0 Å². The molecule has 0 saturated carbocycles. The molecule has 0 unspecified atom stereocenters. The third-order valence-corrected chi connectivity index (χ3v) is 3.04. The predicted octanol–water partition coefficient (Wildman–Crippen LogP) is 1.80. The predicted molar refractivity (Wildman–Crippen MR) is 54.8 cm³/mol. The minimum atomic E-state index is -0.589. The lowest BCUT2D eigenvalue weighted by Gasteiger charge is -2.12. The van der Waals surface area contributed by atoms with Gasteiger partial charge in [-0.3, -0.25) is 0 Å². The van der Waals surface area contributed by atoms with Gasteiger partial charge in [0.15, 0.2) is 0 Å². The van der Waals surface area contributed by atoms with Gasteiger partial charge in [0.1, 0.15) is 5.75 Å². The SMILES string of the molecule is N[C@@H](CO)c1ccc(Cl)c(Br)c1O. The van der Waals surface area contributed by atoms with Crippen LogP contribution in [0.1, 0.15) is 11.6 Å². The molecule has 1 aromatic carbocycles. The van der Waals surface area contributed by atoms with E-state index in [2.05, 4.69) is 15.9 Å². The molecular formula is C8H9BrClNO2.